The Morgan fingerprint density at radius 3 is 2.72 bits per heavy atom. The zero-order chi connectivity index (χ0) is 13.1. The summed E-state index contributed by atoms with van der Waals surface area (Å²) in [6, 6.07) is 7.61. The number of H-pyrrole nitrogens is 1. The van der Waals surface area contributed by atoms with E-state index in [0.717, 1.165) is 17.9 Å². The molecule has 1 atom stereocenters. The molecule has 0 saturated carbocycles. The van der Waals surface area contributed by atoms with E-state index in [-0.39, 0.29) is 11.6 Å². The summed E-state index contributed by atoms with van der Waals surface area (Å²) in [7, 11) is 0. The normalized spacial score (nSPS) is 13.1. The molecule has 0 fully saturated rings. The van der Waals surface area contributed by atoms with E-state index in [1.807, 2.05) is 18.2 Å². The summed E-state index contributed by atoms with van der Waals surface area (Å²) in [4.78, 5) is 19.3. The zero-order valence-electron chi connectivity index (χ0n) is 11.1. The first-order valence-corrected chi connectivity index (χ1v) is 6.40. The van der Waals surface area contributed by atoms with E-state index >= 15 is 0 Å². The van der Waals surface area contributed by atoms with Crippen LogP contribution < -0.4 is 10.9 Å². The molecule has 1 heterocycles. The predicted octanol–water partition coefficient (Wildman–Crippen LogP) is 1.20. The molecule has 96 valence electrons. The molecule has 0 radical (unpaired) electrons. The summed E-state index contributed by atoms with van der Waals surface area (Å²) < 4.78 is 0. The number of quaternary nitrogens is 1. The SMILES string of the molecule is CC(C)C[NH2+][C@H](C)c1nc2ccccc2c(=O)[nH]1. The van der Waals surface area contributed by atoms with Gasteiger partial charge in [-0.25, -0.2) is 4.98 Å². The molecule has 18 heavy (non-hydrogen) atoms. The van der Waals surface area contributed by atoms with Crippen molar-refractivity contribution in [1.82, 2.24) is 9.97 Å². The maximum Gasteiger partial charge on any atom is 0.258 e. The molecule has 2 aromatic rings. The maximum atomic E-state index is 11.9. The minimum absolute atomic E-state index is 0.0552. The van der Waals surface area contributed by atoms with Crippen molar-refractivity contribution in [3.8, 4) is 0 Å². The van der Waals surface area contributed by atoms with Gasteiger partial charge in [0.05, 0.1) is 17.4 Å². The molecule has 4 nitrogen and oxygen atoms in total. The van der Waals surface area contributed by atoms with Gasteiger partial charge in [-0.05, 0) is 19.1 Å². The van der Waals surface area contributed by atoms with Gasteiger partial charge in [-0.1, -0.05) is 26.0 Å². The second-order valence-corrected chi connectivity index (χ2v) is 5.12. The third kappa shape index (κ3) is 2.76. The van der Waals surface area contributed by atoms with Crippen LogP contribution in [0.5, 0.6) is 0 Å². The van der Waals surface area contributed by atoms with Gasteiger partial charge < -0.3 is 10.3 Å². The Labute approximate surface area is 106 Å². The number of para-hydroxylation sites is 1. The fraction of sp³-hybridized carbons (Fsp3) is 0.429. The highest BCUT2D eigenvalue weighted by Crippen LogP contribution is 2.08. The third-order valence-corrected chi connectivity index (χ3v) is 3.02. The molecule has 0 aliphatic heterocycles. The average Bonchev–Trinajstić information content (AvgIpc) is 2.36. The average molecular weight is 246 g/mol. The van der Waals surface area contributed by atoms with Gasteiger partial charge in [0.1, 0.15) is 6.04 Å². The third-order valence-electron chi connectivity index (χ3n) is 3.02. The second kappa shape index (κ2) is 5.31. The van der Waals surface area contributed by atoms with Crippen LogP contribution in [0.4, 0.5) is 0 Å². The van der Waals surface area contributed by atoms with E-state index in [1.165, 1.54) is 0 Å². The number of benzene rings is 1. The van der Waals surface area contributed by atoms with E-state index in [9.17, 15) is 4.79 Å². The van der Waals surface area contributed by atoms with Crippen molar-refractivity contribution in [2.75, 3.05) is 6.54 Å². The van der Waals surface area contributed by atoms with Crippen LogP contribution in [-0.2, 0) is 0 Å². The molecule has 3 N–H and O–H groups in total. The van der Waals surface area contributed by atoms with Gasteiger partial charge in [0.15, 0.2) is 5.82 Å². The lowest BCUT2D eigenvalue weighted by atomic mass is 10.2. The van der Waals surface area contributed by atoms with Gasteiger partial charge in [-0.2, -0.15) is 0 Å². The quantitative estimate of drug-likeness (QED) is 0.851. The first-order valence-electron chi connectivity index (χ1n) is 6.40. The van der Waals surface area contributed by atoms with E-state index in [4.69, 9.17) is 0 Å². The molecule has 4 heteroatoms. The van der Waals surface area contributed by atoms with Crippen LogP contribution in [0.15, 0.2) is 29.1 Å². The largest absolute Gasteiger partial charge is 0.338 e. The van der Waals surface area contributed by atoms with Gasteiger partial charge in [0.2, 0.25) is 0 Å². The second-order valence-electron chi connectivity index (χ2n) is 5.12. The molecule has 1 aromatic carbocycles. The monoisotopic (exact) mass is 246 g/mol. The Morgan fingerprint density at radius 1 is 1.28 bits per heavy atom. The lowest BCUT2D eigenvalue weighted by molar-refractivity contribution is -0.698. The molecule has 0 aliphatic carbocycles. The van der Waals surface area contributed by atoms with Crippen molar-refractivity contribution >= 4 is 10.9 Å². The van der Waals surface area contributed by atoms with Gasteiger partial charge >= 0.3 is 0 Å². The van der Waals surface area contributed by atoms with Crippen molar-refractivity contribution in [3.05, 3.63) is 40.4 Å². The molecule has 0 saturated heterocycles. The van der Waals surface area contributed by atoms with Crippen LogP contribution in [0.25, 0.3) is 10.9 Å². The van der Waals surface area contributed by atoms with Crippen LogP contribution in [0, 0.1) is 5.92 Å². The Balaban J connectivity index is 2.31. The molecule has 0 spiro atoms. The summed E-state index contributed by atoms with van der Waals surface area (Å²) >= 11 is 0. The number of nitrogens with zero attached hydrogens (tertiary/aromatic N) is 1. The minimum atomic E-state index is -0.0552. The van der Waals surface area contributed by atoms with Gasteiger partial charge in [-0.3, -0.25) is 4.79 Å². The Bertz CT molecular complexity index is 589. The smallest absolute Gasteiger partial charge is 0.258 e. The maximum absolute atomic E-state index is 11.9. The summed E-state index contributed by atoms with van der Waals surface area (Å²) in [5.74, 6) is 1.37. The van der Waals surface area contributed by atoms with E-state index in [1.54, 1.807) is 6.07 Å². The summed E-state index contributed by atoms with van der Waals surface area (Å²) in [5, 5.41) is 2.86. The fourth-order valence-electron chi connectivity index (χ4n) is 1.91. The van der Waals surface area contributed by atoms with E-state index < -0.39 is 0 Å². The van der Waals surface area contributed by atoms with Crippen molar-refractivity contribution in [2.45, 2.75) is 26.8 Å². The Hall–Kier alpha value is -1.68. The van der Waals surface area contributed by atoms with Crippen LogP contribution in [0.1, 0.15) is 32.6 Å². The highest BCUT2D eigenvalue weighted by Gasteiger charge is 2.13. The molecule has 1 aromatic heterocycles. The number of nitrogens with one attached hydrogen (secondary N) is 1. The number of rotatable bonds is 4. The topological polar surface area (TPSA) is 62.4 Å². The standard InChI is InChI=1S/C14H19N3O/c1-9(2)8-15-10(3)13-16-12-7-5-4-6-11(12)14(18)17-13/h4-7,9-10,15H,8H2,1-3H3,(H,16,17,18)/p+1/t10-/m1/s1. The van der Waals surface area contributed by atoms with Crippen molar-refractivity contribution in [1.29, 1.82) is 0 Å². The van der Waals surface area contributed by atoms with Crippen molar-refractivity contribution in [3.63, 3.8) is 0 Å². The van der Waals surface area contributed by atoms with Crippen molar-refractivity contribution in [2.24, 2.45) is 5.92 Å². The van der Waals surface area contributed by atoms with Crippen LogP contribution >= 0.6 is 0 Å². The molecular formula is C14H20N3O+. The molecule has 0 unspecified atom stereocenters. The minimum Gasteiger partial charge on any atom is -0.338 e. The number of aromatic amines is 1. The molecule has 2 rings (SSSR count). The van der Waals surface area contributed by atoms with Gasteiger partial charge in [-0.15, -0.1) is 0 Å². The summed E-state index contributed by atoms with van der Waals surface area (Å²) in [5.41, 5.74) is 0.710. The van der Waals surface area contributed by atoms with Gasteiger partial charge in [0.25, 0.3) is 5.56 Å². The zero-order valence-corrected chi connectivity index (χ0v) is 11.1. The van der Waals surface area contributed by atoms with Crippen LogP contribution in [-0.4, -0.2) is 16.5 Å². The predicted molar refractivity (Wildman–Crippen MR) is 72.4 cm³/mol. The highest BCUT2D eigenvalue weighted by molar-refractivity contribution is 5.77. The molecule has 0 aliphatic rings. The number of hydrogen-bond donors (Lipinski definition) is 2. The first kappa shape index (κ1) is 12.8. The number of hydrogen-bond acceptors (Lipinski definition) is 2. The van der Waals surface area contributed by atoms with E-state index in [2.05, 4.69) is 36.1 Å². The lowest BCUT2D eigenvalue weighted by Gasteiger charge is -2.12. The summed E-state index contributed by atoms with van der Waals surface area (Å²) in [6.07, 6.45) is 0. The van der Waals surface area contributed by atoms with Crippen molar-refractivity contribution < 1.29 is 5.32 Å². The fourth-order valence-corrected chi connectivity index (χ4v) is 1.91. The van der Waals surface area contributed by atoms with Gasteiger partial charge in [0, 0.05) is 5.92 Å². The molecular weight excluding hydrogens is 226 g/mol. The van der Waals surface area contributed by atoms with E-state index in [0.29, 0.717) is 11.3 Å². The molecule has 0 amide bonds. The highest BCUT2D eigenvalue weighted by atomic mass is 16.1. The number of nitrogens with two attached hydrogens (primary N) is 1. The summed E-state index contributed by atoms with van der Waals surface area (Å²) in [6.45, 7) is 7.45. The number of aromatic nitrogens is 2. The first-order chi connectivity index (χ1) is 8.58. The Morgan fingerprint density at radius 2 is 2.00 bits per heavy atom. The lowest BCUT2D eigenvalue weighted by Crippen LogP contribution is -2.86. The number of fused-ring (bicyclic) bond motifs is 1. The van der Waals surface area contributed by atoms with Crippen LogP contribution in [0.3, 0.4) is 0 Å². The Kier molecular flexibility index (Phi) is 3.77. The molecule has 0 bridgehead atoms. The van der Waals surface area contributed by atoms with Crippen LogP contribution in [0.2, 0.25) is 0 Å².